The van der Waals surface area contributed by atoms with E-state index < -0.39 is 6.04 Å². The van der Waals surface area contributed by atoms with E-state index in [0.717, 1.165) is 5.56 Å². The summed E-state index contributed by atoms with van der Waals surface area (Å²) >= 11 is 6.10. The van der Waals surface area contributed by atoms with Gasteiger partial charge in [-0.15, -0.1) is 0 Å². The van der Waals surface area contributed by atoms with Crippen LogP contribution in [0, 0.1) is 0 Å². The first-order valence-corrected chi connectivity index (χ1v) is 8.52. The Morgan fingerprint density at radius 1 is 1.12 bits per heavy atom. The van der Waals surface area contributed by atoms with E-state index in [1.807, 2.05) is 18.2 Å². The molecular formula is C17H20ClN3O3. The minimum absolute atomic E-state index is 0.0179. The molecule has 24 heavy (non-hydrogen) atoms. The molecule has 1 aromatic carbocycles. The van der Waals surface area contributed by atoms with Gasteiger partial charge in [-0.3, -0.25) is 14.4 Å². The first-order chi connectivity index (χ1) is 11.5. The van der Waals surface area contributed by atoms with Crippen LogP contribution in [0.15, 0.2) is 24.3 Å². The second kappa shape index (κ2) is 7.21. The monoisotopic (exact) mass is 349 g/mol. The van der Waals surface area contributed by atoms with E-state index in [0.29, 0.717) is 44.0 Å². The second-order valence-electron chi connectivity index (χ2n) is 6.13. The molecule has 0 spiro atoms. The molecule has 0 aliphatic carbocycles. The van der Waals surface area contributed by atoms with E-state index in [4.69, 9.17) is 11.6 Å². The van der Waals surface area contributed by atoms with Gasteiger partial charge < -0.3 is 15.1 Å². The average molecular weight is 350 g/mol. The largest absolute Gasteiger partial charge is 0.344 e. The zero-order chi connectivity index (χ0) is 17.1. The number of piperazine rings is 1. The van der Waals surface area contributed by atoms with E-state index >= 15 is 0 Å². The third-order valence-corrected chi connectivity index (χ3v) is 4.91. The average Bonchev–Trinajstić information content (AvgIpc) is 3.03. The van der Waals surface area contributed by atoms with Crippen LogP contribution in [0.5, 0.6) is 0 Å². The van der Waals surface area contributed by atoms with Crippen LogP contribution in [0.3, 0.4) is 0 Å². The first-order valence-electron chi connectivity index (χ1n) is 8.14. The zero-order valence-corrected chi connectivity index (χ0v) is 14.1. The lowest BCUT2D eigenvalue weighted by Gasteiger charge is -2.36. The van der Waals surface area contributed by atoms with E-state index in [2.05, 4.69) is 5.32 Å². The lowest BCUT2D eigenvalue weighted by molar-refractivity contribution is -0.140. The number of amides is 3. The Kier molecular flexibility index (Phi) is 5.04. The first kappa shape index (κ1) is 16.8. The third kappa shape index (κ3) is 3.70. The van der Waals surface area contributed by atoms with Gasteiger partial charge in [0.05, 0.1) is 6.42 Å². The molecule has 128 valence electrons. The summed E-state index contributed by atoms with van der Waals surface area (Å²) in [6.45, 7) is 2.02. The summed E-state index contributed by atoms with van der Waals surface area (Å²) in [6, 6.07) is 6.92. The summed E-state index contributed by atoms with van der Waals surface area (Å²) in [5.41, 5.74) is 0.816. The lowest BCUT2D eigenvalue weighted by atomic mass is 10.1. The van der Waals surface area contributed by atoms with Crippen LogP contribution in [-0.4, -0.2) is 59.7 Å². The fourth-order valence-electron chi connectivity index (χ4n) is 3.11. The van der Waals surface area contributed by atoms with Crippen LogP contribution in [-0.2, 0) is 20.8 Å². The molecule has 2 saturated heterocycles. The Bertz CT molecular complexity index is 656. The molecule has 2 aliphatic heterocycles. The molecule has 6 nitrogen and oxygen atoms in total. The maximum atomic E-state index is 12.4. The Hall–Kier alpha value is -2.08. The Labute approximate surface area is 145 Å². The van der Waals surface area contributed by atoms with E-state index in [1.165, 1.54) is 0 Å². The van der Waals surface area contributed by atoms with Crippen LogP contribution >= 0.6 is 11.6 Å². The molecule has 1 N–H and O–H groups in total. The molecule has 1 atom stereocenters. The minimum Gasteiger partial charge on any atom is -0.344 e. The smallest absolute Gasteiger partial charge is 0.245 e. The maximum absolute atomic E-state index is 12.4. The summed E-state index contributed by atoms with van der Waals surface area (Å²) in [4.78, 5) is 39.5. The quantitative estimate of drug-likeness (QED) is 0.878. The fraction of sp³-hybridized carbons (Fsp3) is 0.471. The molecular weight excluding hydrogens is 330 g/mol. The number of benzene rings is 1. The number of halogens is 1. The van der Waals surface area contributed by atoms with Crippen molar-refractivity contribution in [2.24, 2.45) is 0 Å². The normalized spacial score (nSPS) is 20.9. The van der Waals surface area contributed by atoms with E-state index in [-0.39, 0.29) is 24.1 Å². The number of hydrogen-bond donors (Lipinski definition) is 1. The van der Waals surface area contributed by atoms with Crippen LogP contribution < -0.4 is 5.32 Å². The van der Waals surface area contributed by atoms with Gasteiger partial charge in [-0.05, 0) is 18.1 Å². The number of nitrogens with zero attached hydrogens (tertiary/aromatic N) is 2. The van der Waals surface area contributed by atoms with Crippen molar-refractivity contribution >= 4 is 29.3 Å². The van der Waals surface area contributed by atoms with Crippen LogP contribution in [0.1, 0.15) is 18.4 Å². The topological polar surface area (TPSA) is 69.7 Å². The van der Waals surface area contributed by atoms with Crippen molar-refractivity contribution in [1.29, 1.82) is 0 Å². The highest BCUT2D eigenvalue weighted by Gasteiger charge is 2.32. The Balaban J connectivity index is 1.51. The van der Waals surface area contributed by atoms with Gasteiger partial charge in [0, 0.05) is 37.6 Å². The summed E-state index contributed by atoms with van der Waals surface area (Å²) in [5.74, 6) is -0.0923. The number of nitrogens with one attached hydrogen (secondary N) is 1. The SMILES string of the molecule is O=C1CCC(C(=O)N2CCN(C(=O)Cc3ccccc3Cl)CC2)N1. The van der Waals surface area contributed by atoms with Crippen molar-refractivity contribution < 1.29 is 14.4 Å². The van der Waals surface area contributed by atoms with Crippen molar-refractivity contribution in [2.45, 2.75) is 25.3 Å². The lowest BCUT2D eigenvalue weighted by Crippen LogP contribution is -2.54. The van der Waals surface area contributed by atoms with Crippen LogP contribution in [0.25, 0.3) is 0 Å². The molecule has 0 bridgehead atoms. The van der Waals surface area contributed by atoms with Gasteiger partial charge in [0.25, 0.3) is 0 Å². The van der Waals surface area contributed by atoms with Gasteiger partial charge in [-0.25, -0.2) is 0 Å². The summed E-state index contributed by atoms with van der Waals surface area (Å²) in [7, 11) is 0. The molecule has 7 heteroatoms. The maximum Gasteiger partial charge on any atom is 0.245 e. The van der Waals surface area contributed by atoms with Gasteiger partial charge in [0.1, 0.15) is 6.04 Å². The van der Waals surface area contributed by atoms with Gasteiger partial charge in [-0.2, -0.15) is 0 Å². The predicted molar refractivity (Wildman–Crippen MR) is 89.5 cm³/mol. The van der Waals surface area contributed by atoms with Crippen LogP contribution in [0.4, 0.5) is 0 Å². The molecule has 0 radical (unpaired) electrons. The highest BCUT2D eigenvalue weighted by molar-refractivity contribution is 6.31. The summed E-state index contributed by atoms with van der Waals surface area (Å²) in [5, 5.41) is 3.29. The highest BCUT2D eigenvalue weighted by Crippen LogP contribution is 2.17. The van der Waals surface area contributed by atoms with Crippen molar-refractivity contribution in [1.82, 2.24) is 15.1 Å². The second-order valence-corrected chi connectivity index (χ2v) is 6.54. The highest BCUT2D eigenvalue weighted by atomic mass is 35.5. The fourth-order valence-corrected chi connectivity index (χ4v) is 3.31. The van der Waals surface area contributed by atoms with Gasteiger partial charge >= 0.3 is 0 Å². The van der Waals surface area contributed by atoms with Crippen molar-refractivity contribution in [3.8, 4) is 0 Å². The van der Waals surface area contributed by atoms with Gasteiger partial charge in [0.2, 0.25) is 17.7 Å². The molecule has 2 heterocycles. The van der Waals surface area contributed by atoms with Gasteiger partial charge in [-0.1, -0.05) is 29.8 Å². The van der Waals surface area contributed by atoms with E-state index in [1.54, 1.807) is 15.9 Å². The Morgan fingerprint density at radius 3 is 2.42 bits per heavy atom. The van der Waals surface area contributed by atoms with Crippen molar-refractivity contribution in [3.05, 3.63) is 34.9 Å². The van der Waals surface area contributed by atoms with Gasteiger partial charge in [0.15, 0.2) is 0 Å². The van der Waals surface area contributed by atoms with Crippen molar-refractivity contribution in [2.75, 3.05) is 26.2 Å². The number of hydrogen-bond acceptors (Lipinski definition) is 3. The zero-order valence-electron chi connectivity index (χ0n) is 13.3. The van der Waals surface area contributed by atoms with Crippen molar-refractivity contribution in [3.63, 3.8) is 0 Å². The molecule has 3 amide bonds. The summed E-state index contributed by atoms with van der Waals surface area (Å²) in [6.07, 6.45) is 1.24. The number of carbonyl (C=O) groups excluding carboxylic acids is 3. The number of carbonyl (C=O) groups is 3. The molecule has 0 aromatic heterocycles. The predicted octanol–water partition coefficient (Wildman–Crippen LogP) is 0.832. The minimum atomic E-state index is -0.400. The molecule has 2 aliphatic rings. The molecule has 2 fully saturated rings. The molecule has 0 saturated carbocycles. The molecule has 1 unspecified atom stereocenters. The Morgan fingerprint density at radius 2 is 1.79 bits per heavy atom. The molecule has 3 rings (SSSR count). The molecule has 1 aromatic rings. The third-order valence-electron chi connectivity index (χ3n) is 4.54. The van der Waals surface area contributed by atoms with E-state index in [9.17, 15) is 14.4 Å². The summed E-state index contributed by atoms with van der Waals surface area (Å²) < 4.78 is 0. The van der Waals surface area contributed by atoms with Crippen LogP contribution in [0.2, 0.25) is 5.02 Å². The number of rotatable bonds is 3. The standard InChI is InChI=1S/C17H20ClN3O3/c18-13-4-2-1-3-12(13)11-16(23)20-7-9-21(10-8-20)17(24)14-5-6-15(22)19-14/h1-4,14H,5-11H2,(H,19,22).